The molecule has 200 valence electrons. The van der Waals surface area contributed by atoms with Crippen LogP contribution >= 0.6 is 0 Å². The van der Waals surface area contributed by atoms with Crippen molar-refractivity contribution in [1.29, 1.82) is 0 Å². The Bertz CT molecular complexity index is 1170. The zero-order chi connectivity index (χ0) is 26.9. The highest BCUT2D eigenvalue weighted by molar-refractivity contribution is 6.46. The van der Waals surface area contributed by atoms with E-state index in [1.807, 2.05) is 12.1 Å². The molecule has 2 heterocycles. The molecule has 0 aromatic heterocycles. The van der Waals surface area contributed by atoms with E-state index in [1.54, 1.807) is 53.5 Å². The lowest BCUT2D eigenvalue weighted by atomic mass is 9.95. The molecule has 2 aliphatic rings. The summed E-state index contributed by atoms with van der Waals surface area (Å²) in [6.45, 7) is 12.3. The van der Waals surface area contributed by atoms with Crippen LogP contribution in [-0.2, 0) is 14.3 Å². The fraction of sp³-hybridized carbons (Fsp3) is 0.333. The summed E-state index contributed by atoms with van der Waals surface area (Å²) in [5.41, 5.74) is 1.22. The quantitative estimate of drug-likeness (QED) is 0.197. The molecule has 0 radical (unpaired) electrons. The molecule has 2 aromatic carbocycles. The molecule has 0 unspecified atom stereocenters. The number of rotatable bonds is 12. The number of morpholine rings is 1. The first-order valence-electron chi connectivity index (χ1n) is 12.8. The molecule has 2 fully saturated rings. The highest BCUT2D eigenvalue weighted by Crippen LogP contribution is 2.40. The first-order valence-corrected chi connectivity index (χ1v) is 12.8. The minimum atomic E-state index is -0.718. The van der Waals surface area contributed by atoms with Gasteiger partial charge in [-0.2, -0.15) is 0 Å². The summed E-state index contributed by atoms with van der Waals surface area (Å²) in [6, 6.07) is 13.3. The number of nitrogens with zero attached hydrogens (tertiary/aromatic N) is 2. The molecule has 1 atom stereocenters. The Morgan fingerprint density at radius 3 is 2.08 bits per heavy atom. The maximum Gasteiger partial charge on any atom is 0.295 e. The van der Waals surface area contributed by atoms with Gasteiger partial charge in [-0.3, -0.25) is 14.5 Å². The number of ether oxygens (including phenoxy) is 3. The molecule has 38 heavy (non-hydrogen) atoms. The van der Waals surface area contributed by atoms with Gasteiger partial charge >= 0.3 is 0 Å². The number of carbonyl (C=O) groups excluding carboxylic acids is 2. The number of aliphatic hydroxyl groups excluding tert-OH is 1. The van der Waals surface area contributed by atoms with Crippen LogP contribution in [0.5, 0.6) is 11.5 Å². The Morgan fingerprint density at radius 1 is 0.921 bits per heavy atom. The molecule has 1 N–H and O–H groups in total. The third-order valence-corrected chi connectivity index (χ3v) is 6.58. The van der Waals surface area contributed by atoms with Gasteiger partial charge in [0.15, 0.2) is 0 Å². The predicted octanol–water partition coefficient (Wildman–Crippen LogP) is 3.96. The second-order valence-electron chi connectivity index (χ2n) is 9.09. The fourth-order valence-electron chi connectivity index (χ4n) is 4.67. The van der Waals surface area contributed by atoms with Gasteiger partial charge in [-0.1, -0.05) is 37.4 Å². The van der Waals surface area contributed by atoms with Crippen LogP contribution in [0.4, 0.5) is 0 Å². The van der Waals surface area contributed by atoms with Gasteiger partial charge in [0.2, 0.25) is 0 Å². The monoisotopic (exact) mass is 518 g/mol. The number of benzene rings is 2. The molecule has 0 saturated carbocycles. The van der Waals surface area contributed by atoms with Gasteiger partial charge in [-0.25, -0.2) is 0 Å². The summed E-state index contributed by atoms with van der Waals surface area (Å²) in [5, 5.41) is 11.3. The Balaban J connectivity index is 1.64. The summed E-state index contributed by atoms with van der Waals surface area (Å²) in [4.78, 5) is 30.4. The van der Waals surface area contributed by atoms with Crippen LogP contribution in [0.2, 0.25) is 0 Å². The molecule has 4 rings (SSSR count). The Kier molecular flexibility index (Phi) is 9.35. The van der Waals surface area contributed by atoms with E-state index in [1.165, 1.54) is 0 Å². The third-order valence-electron chi connectivity index (χ3n) is 6.58. The first-order chi connectivity index (χ1) is 18.5. The van der Waals surface area contributed by atoms with Gasteiger partial charge in [0.05, 0.1) is 24.8 Å². The first kappa shape index (κ1) is 27.2. The average Bonchev–Trinajstić information content (AvgIpc) is 3.21. The van der Waals surface area contributed by atoms with Crippen molar-refractivity contribution in [2.24, 2.45) is 0 Å². The van der Waals surface area contributed by atoms with Crippen molar-refractivity contribution in [3.05, 3.63) is 90.5 Å². The Hall–Kier alpha value is -3.88. The second kappa shape index (κ2) is 13.1. The molecule has 1 amide bonds. The van der Waals surface area contributed by atoms with Crippen molar-refractivity contribution in [2.45, 2.75) is 12.5 Å². The fourth-order valence-corrected chi connectivity index (χ4v) is 4.67. The van der Waals surface area contributed by atoms with Crippen LogP contribution in [0.25, 0.3) is 5.76 Å². The lowest BCUT2D eigenvalue weighted by Crippen LogP contribution is -2.38. The van der Waals surface area contributed by atoms with Crippen molar-refractivity contribution in [2.75, 3.05) is 52.6 Å². The molecule has 8 heteroatoms. The van der Waals surface area contributed by atoms with E-state index >= 15 is 0 Å². The standard InChI is InChI=1S/C30H34N2O6/c1-3-18-37-24-10-6-22(7-11-24)27-26(28(33)23-8-12-25(13-9-23)38-19-4-2)29(34)30(35)32(27)15-5-14-31-16-20-36-21-17-31/h3-4,6-13,27,33H,1-2,5,14-21H2/t27-/m1/s1. The van der Waals surface area contributed by atoms with Crippen LogP contribution in [0.3, 0.4) is 0 Å². The van der Waals surface area contributed by atoms with E-state index in [0.717, 1.165) is 19.6 Å². The average molecular weight is 519 g/mol. The summed E-state index contributed by atoms with van der Waals surface area (Å²) in [6.07, 6.45) is 3.99. The Morgan fingerprint density at radius 2 is 1.50 bits per heavy atom. The maximum absolute atomic E-state index is 13.3. The molecule has 0 spiro atoms. The number of likely N-dealkylation sites (tertiary alicyclic amines) is 1. The van der Waals surface area contributed by atoms with Crippen molar-refractivity contribution in [3.63, 3.8) is 0 Å². The number of ketones is 1. The van der Waals surface area contributed by atoms with Crippen molar-refractivity contribution in [1.82, 2.24) is 9.80 Å². The van der Waals surface area contributed by atoms with E-state index < -0.39 is 17.7 Å². The van der Waals surface area contributed by atoms with Gasteiger partial charge in [0.25, 0.3) is 11.7 Å². The van der Waals surface area contributed by atoms with Gasteiger partial charge in [-0.15, -0.1) is 0 Å². The summed E-state index contributed by atoms with van der Waals surface area (Å²) in [5.74, 6) is -0.273. The highest BCUT2D eigenvalue weighted by atomic mass is 16.5. The zero-order valence-electron chi connectivity index (χ0n) is 21.5. The smallest absolute Gasteiger partial charge is 0.295 e. The number of hydrogen-bond donors (Lipinski definition) is 1. The van der Waals surface area contributed by atoms with Crippen LogP contribution in [0.15, 0.2) is 79.4 Å². The SMILES string of the molecule is C=CCOc1ccc(C(O)=C2C(=O)C(=O)N(CCCN3CCOCC3)[C@@H]2c2ccc(OCC=C)cc2)cc1. The highest BCUT2D eigenvalue weighted by Gasteiger charge is 2.45. The second-order valence-corrected chi connectivity index (χ2v) is 9.09. The number of carbonyl (C=O) groups is 2. The molecule has 8 nitrogen and oxygen atoms in total. The molecule has 0 aliphatic carbocycles. The van der Waals surface area contributed by atoms with E-state index in [9.17, 15) is 14.7 Å². The van der Waals surface area contributed by atoms with Gasteiger partial charge in [0, 0.05) is 31.7 Å². The minimum Gasteiger partial charge on any atom is -0.507 e. The normalized spacial score (nSPS) is 19.4. The minimum absolute atomic E-state index is 0.0703. The molecular formula is C30H34N2O6. The maximum atomic E-state index is 13.3. The number of amides is 1. The van der Waals surface area contributed by atoms with Crippen molar-refractivity contribution < 1.29 is 28.9 Å². The predicted molar refractivity (Wildman–Crippen MR) is 145 cm³/mol. The molecular weight excluding hydrogens is 484 g/mol. The summed E-state index contributed by atoms with van der Waals surface area (Å²) >= 11 is 0. The van der Waals surface area contributed by atoms with E-state index in [-0.39, 0.29) is 11.3 Å². The molecule has 0 bridgehead atoms. The molecule has 2 saturated heterocycles. The number of hydrogen-bond acceptors (Lipinski definition) is 7. The summed E-state index contributed by atoms with van der Waals surface area (Å²) < 4.78 is 16.5. The van der Waals surface area contributed by atoms with Crippen molar-refractivity contribution in [3.8, 4) is 11.5 Å². The largest absolute Gasteiger partial charge is 0.507 e. The summed E-state index contributed by atoms with van der Waals surface area (Å²) in [7, 11) is 0. The van der Waals surface area contributed by atoms with Gasteiger partial charge in [-0.05, 0) is 48.4 Å². The lowest BCUT2D eigenvalue weighted by molar-refractivity contribution is -0.140. The van der Waals surface area contributed by atoms with E-state index in [2.05, 4.69) is 18.1 Å². The van der Waals surface area contributed by atoms with Crippen LogP contribution in [0.1, 0.15) is 23.6 Å². The molecule has 2 aromatic rings. The van der Waals surface area contributed by atoms with Crippen molar-refractivity contribution >= 4 is 17.4 Å². The van der Waals surface area contributed by atoms with Gasteiger partial charge < -0.3 is 24.2 Å². The molecule has 2 aliphatic heterocycles. The zero-order valence-corrected chi connectivity index (χ0v) is 21.5. The third kappa shape index (κ3) is 6.33. The number of aliphatic hydroxyl groups is 1. The topological polar surface area (TPSA) is 88.5 Å². The van der Waals surface area contributed by atoms with Crippen LogP contribution in [0, 0.1) is 0 Å². The van der Waals surface area contributed by atoms with Crippen LogP contribution in [-0.4, -0.2) is 79.2 Å². The van der Waals surface area contributed by atoms with Crippen LogP contribution < -0.4 is 9.47 Å². The van der Waals surface area contributed by atoms with Gasteiger partial charge in [0.1, 0.15) is 30.5 Å². The lowest BCUT2D eigenvalue weighted by Gasteiger charge is -2.29. The van der Waals surface area contributed by atoms with E-state index in [0.29, 0.717) is 62.0 Å². The van der Waals surface area contributed by atoms with E-state index in [4.69, 9.17) is 14.2 Å². The number of Topliss-reactive ketones (excluding diaryl/α,β-unsaturated/α-hetero) is 1. The Labute approximate surface area is 223 Å².